The maximum atomic E-state index is 6.59. The molecule has 1 aromatic heterocycles. The molecule has 0 saturated carbocycles. The first-order valence-electron chi connectivity index (χ1n) is 10.3. The molecule has 2 aromatic carbocycles. The molecule has 30 heavy (non-hydrogen) atoms. The number of aryl methyl sites for hydroxylation is 1. The van der Waals surface area contributed by atoms with Crippen LogP contribution in [0, 0.1) is 5.92 Å². The Morgan fingerprint density at radius 3 is 2.83 bits per heavy atom. The zero-order chi connectivity index (χ0) is 19.8. The number of hydrogen-bond acceptors (Lipinski definition) is 2. The summed E-state index contributed by atoms with van der Waals surface area (Å²) in [5.74, 6) is 1.06. The predicted molar refractivity (Wildman–Crippen MR) is 124 cm³/mol. The van der Waals surface area contributed by atoms with Crippen molar-refractivity contribution < 1.29 is 4.74 Å². The van der Waals surface area contributed by atoms with Gasteiger partial charge < -0.3 is 9.30 Å². The van der Waals surface area contributed by atoms with Crippen molar-refractivity contribution in [3.05, 3.63) is 87.4 Å². The zero-order valence-electron chi connectivity index (χ0n) is 16.6. The third kappa shape index (κ3) is 4.27. The molecule has 2 aliphatic carbocycles. The summed E-state index contributed by atoms with van der Waals surface area (Å²) in [5.41, 5.74) is 5.50. The van der Waals surface area contributed by atoms with E-state index in [-0.39, 0.29) is 18.5 Å². The highest BCUT2D eigenvalue weighted by Gasteiger charge is 2.38. The Balaban J connectivity index is 0.00000218. The molecular weight excluding hydrogens is 439 g/mol. The van der Waals surface area contributed by atoms with E-state index in [4.69, 9.17) is 27.9 Å². The summed E-state index contributed by atoms with van der Waals surface area (Å²) in [7, 11) is 0. The van der Waals surface area contributed by atoms with Crippen molar-refractivity contribution in [2.45, 2.75) is 50.9 Å². The second-order valence-corrected chi connectivity index (χ2v) is 9.06. The Morgan fingerprint density at radius 1 is 1.13 bits per heavy atom. The van der Waals surface area contributed by atoms with E-state index in [0.29, 0.717) is 28.5 Å². The Kier molecular flexibility index (Phi) is 6.74. The average molecular weight is 464 g/mol. The number of benzene rings is 2. The lowest BCUT2D eigenvalue weighted by Gasteiger charge is -2.41. The highest BCUT2D eigenvalue weighted by Crippen LogP contribution is 2.49. The van der Waals surface area contributed by atoms with Crippen molar-refractivity contribution in [1.82, 2.24) is 9.55 Å². The van der Waals surface area contributed by atoms with E-state index in [0.717, 1.165) is 18.5 Å². The molecule has 0 spiro atoms. The summed E-state index contributed by atoms with van der Waals surface area (Å²) in [6.07, 6.45) is 10.8. The summed E-state index contributed by atoms with van der Waals surface area (Å²) >= 11 is 12.3. The van der Waals surface area contributed by atoms with Crippen molar-refractivity contribution in [3.63, 3.8) is 0 Å². The Morgan fingerprint density at radius 2 is 2.03 bits per heavy atom. The standard InChI is InChI=1S/C24H24Cl2N2O.ClH/c25-21-8-7-16(11-22(21)26)14-29-24-19(13-28-10-9-27-15-28)12-18-5-1-3-17-4-2-6-20(24)23(17)18;/h2,4,6-11,15,18-19,24H,1,3,5,12-14H2;1H. The summed E-state index contributed by atoms with van der Waals surface area (Å²) < 4.78 is 8.77. The first-order chi connectivity index (χ1) is 14.2. The van der Waals surface area contributed by atoms with Gasteiger partial charge in [0, 0.05) is 24.9 Å². The van der Waals surface area contributed by atoms with E-state index in [9.17, 15) is 0 Å². The molecule has 0 bridgehead atoms. The number of rotatable bonds is 5. The minimum absolute atomic E-state index is 0. The number of hydrogen-bond donors (Lipinski definition) is 0. The van der Waals surface area contributed by atoms with Crippen molar-refractivity contribution in [2.24, 2.45) is 5.92 Å². The van der Waals surface area contributed by atoms with Crippen molar-refractivity contribution in [2.75, 3.05) is 0 Å². The second-order valence-electron chi connectivity index (χ2n) is 8.24. The van der Waals surface area contributed by atoms with Crippen LogP contribution in [0.2, 0.25) is 10.0 Å². The van der Waals surface area contributed by atoms with Crippen molar-refractivity contribution >= 4 is 35.6 Å². The minimum Gasteiger partial charge on any atom is -0.368 e. The Hall–Kier alpha value is -1.52. The molecule has 3 aromatic rings. The highest BCUT2D eigenvalue weighted by atomic mass is 35.5. The fourth-order valence-corrected chi connectivity index (χ4v) is 5.46. The number of imidazole rings is 1. The molecule has 0 amide bonds. The van der Waals surface area contributed by atoms with Crippen molar-refractivity contribution in [3.8, 4) is 0 Å². The highest BCUT2D eigenvalue weighted by molar-refractivity contribution is 6.42. The zero-order valence-corrected chi connectivity index (χ0v) is 19.0. The normalized spacial score (nSPS) is 22.3. The van der Waals surface area contributed by atoms with Crippen LogP contribution in [0.5, 0.6) is 0 Å². The quantitative estimate of drug-likeness (QED) is 0.407. The molecule has 0 radical (unpaired) electrons. The van der Waals surface area contributed by atoms with Gasteiger partial charge in [-0.25, -0.2) is 4.98 Å². The van der Waals surface area contributed by atoms with Gasteiger partial charge in [-0.05, 0) is 66.0 Å². The van der Waals surface area contributed by atoms with Gasteiger partial charge in [0.05, 0.1) is 29.1 Å². The third-order valence-electron chi connectivity index (χ3n) is 6.38. The lowest BCUT2D eigenvalue weighted by atomic mass is 9.68. The van der Waals surface area contributed by atoms with Crippen molar-refractivity contribution in [1.29, 1.82) is 0 Å². The van der Waals surface area contributed by atoms with E-state index in [1.54, 1.807) is 5.56 Å². The molecule has 3 nitrogen and oxygen atoms in total. The first kappa shape index (κ1) is 21.7. The van der Waals surface area contributed by atoms with Crippen LogP contribution in [0.4, 0.5) is 0 Å². The van der Waals surface area contributed by atoms with Gasteiger partial charge in [-0.2, -0.15) is 0 Å². The topological polar surface area (TPSA) is 27.1 Å². The van der Waals surface area contributed by atoms with E-state index in [2.05, 4.69) is 27.8 Å². The van der Waals surface area contributed by atoms with Gasteiger partial charge in [-0.15, -0.1) is 12.4 Å². The molecule has 2 aliphatic rings. The largest absolute Gasteiger partial charge is 0.368 e. The number of nitrogens with zero attached hydrogens (tertiary/aromatic N) is 2. The fraction of sp³-hybridized carbons (Fsp3) is 0.375. The molecule has 0 aliphatic heterocycles. The first-order valence-corrected chi connectivity index (χ1v) is 11.1. The lowest BCUT2D eigenvalue weighted by Crippen LogP contribution is -2.31. The van der Waals surface area contributed by atoms with Crippen LogP contribution in [-0.2, 0) is 24.3 Å². The van der Waals surface area contributed by atoms with E-state index in [1.807, 2.05) is 36.9 Å². The Labute approximate surface area is 193 Å². The summed E-state index contributed by atoms with van der Waals surface area (Å²) in [4.78, 5) is 4.23. The average Bonchev–Trinajstić information content (AvgIpc) is 3.23. The van der Waals surface area contributed by atoms with Gasteiger partial charge >= 0.3 is 0 Å². The van der Waals surface area contributed by atoms with Crippen LogP contribution in [-0.4, -0.2) is 9.55 Å². The summed E-state index contributed by atoms with van der Waals surface area (Å²) in [6.45, 7) is 1.45. The Bertz CT molecular complexity index is 1010. The molecule has 0 N–H and O–H groups in total. The predicted octanol–water partition coefficient (Wildman–Crippen LogP) is 7.01. The number of ether oxygens (including phenoxy) is 1. The molecule has 158 valence electrons. The molecule has 0 saturated heterocycles. The van der Waals surface area contributed by atoms with E-state index < -0.39 is 0 Å². The van der Waals surface area contributed by atoms with Crippen LogP contribution in [0.25, 0.3) is 0 Å². The summed E-state index contributed by atoms with van der Waals surface area (Å²) in [6, 6.07) is 12.5. The van der Waals surface area contributed by atoms with Crippen LogP contribution in [0.3, 0.4) is 0 Å². The van der Waals surface area contributed by atoms with Gasteiger partial charge in [-0.3, -0.25) is 0 Å². The van der Waals surface area contributed by atoms with Crippen LogP contribution < -0.4 is 0 Å². The molecule has 3 unspecified atom stereocenters. The molecule has 1 heterocycles. The molecule has 3 atom stereocenters. The van der Waals surface area contributed by atoms with Crippen LogP contribution in [0.15, 0.2) is 55.1 Å². The lowest BCUT2D eigenvalue weighted by molar-refractivity contribution is -0.0193. The maximum Gasteiger partial charge on any atom is 0.0946 e. The molecule has 6 heteroatoms. The summed E-state index contributed by atoms with van der Waals surface area (Å²) in [5, 5.41) is 1.15. The van der Waals surface area contributed by atoms with E-state index in [1.165, 1.54) is 30.4 Å². The molecule has 5 rings (SSSR count). The van der Waals surface area contributed by atoms with E-state index >= 15 is 0 Å². The van der Waals surface area contributed by atoms with Gasteiger partial charge in [0.25, 0.3) is 0 Å². The van der Waals surface area contributed by atoms with Crippen LogP contribution >= 0.6 is 35.6 Å². The second kappa shape index (κ2) is 9.32. The fourth-order valence-electron chi connectivity index (χ4n) is 5.14. The van der Waals surface area contributed by atoms with Crippen LogP contribution in [0.1, 0.15) is 53.5 Å². The van der Waals surface area contributed by atoms with Gasteiger partial charge in [0.1, 0.15) is 0 Å². The SMILES string of the molecule is Cl.Clc1ccc(COC2c3cccc4c3C(CCC4)CC2Cn2ccnc2)cc1Cl. The number of aromatic nitrogens is 2. The minimum atomic E-state index is 0. The number of halogens is 3. The van der Waals surface area contributed by atoms with Gasteiger partial charge in [0.15, 0.2) is 0 Å². The third-order valence-corrected chi connectivity index (χ3v) is 7.12. The van der Waals surface area contributed by atoms with Gasteiger partial charge in [0.2, 0.25) is 0 Å². The molecule has 0 fully saturated rings. The maximum absolute atomic E-state index is 6.59. The molecular formula is C24H25Cl3N2O. The van der Waals surface area contributed by atoms with Gasteiger partial charge in [-0.1, -0.05) is 47.5 Å². The monoisotopic (exact) mass is 462 g/mol. The smallest absolute Gasteiger partial charge is 0.0946 e.